The van der Waals surface area contributed by atoms with Crippen LogP contribution in [0.5, 0.6) is 0 Å². The molecule has 10 heavy (non-hydrogen) atoms. The average Bonchev–Trinajstić information content (AvgIpc) is 2.71. The van der Waals surface area contributed by atoms with E-state index in [4.69, 9.17) is 6.02 Å². The van der Waals surface area contributed by atoms with Crippen molar-refractivity contribution >= 4 is 14.9 Å². The molecule has 0 aromatic carbocycles. The van der Waals surface area contributed by atoms with E-state index < -0.39 is 5.54 Å². The lowest BCUT2D eigenvalue weighted by Gasteiger charge is -2.05. The first kappa shape index (κ1) is 6.29. The SMILES string of the molecule is [2H]/P=N/C1(C(=O)OCC)CC1. The largest absolute Gasteiger partial charge is 0.464 e. The molecule has 0 spiro atoms. The Morgan fingerprint density at radius 1 is 2.00 bits per heavy atom. The molecule has 0 amide bonds. The van der Waals surface area contributed by atoms with Crippen molar-refractivity contribution in [3.05, 3.63) is 0 Å². The summed E-state index contributed by atoms with van der Waals surface area (Å²) in [6.45, 7) is 2.16. The molecule has 0 bridgehead atoms. The number of ether oxygens (including phenoxy) is 1. The van der Waals surface area contributed by atoms with Crippen LogP contribution >= 0.6 is 8.98 Å². The number of nitrogens with zero attached hydrogens (tertiary/aromatic N) is 1. The van der Waals surface area contributed by atoms with Gasteiger partial charge in [-0.3, -0.25) is 4.74 Å². The second-order valence-corrected chi connectivity index (χ2v) is 2.55. The van der Waals surface area contributed by atoms with Crippen LogP contribution in [-0.2, 0) is 9.53 Å². The third-order valence-corrected chi connectivity index (χ3v) is 1.95. The Morgan fingerprint density at radius 2 is 2.70 bits per heavy atom. The van der Waals surface area contributed by atoms with Gasteiger partial charge in [0.2, 0.25) is 0 Å². The van der Waals surface area contributed by atoms with Gasteiger partial charge in [-0.1, -0.05) is 0 Å². The molecule has 0 aromatic rings. The van der Waals surface area contributed by atoms with Crippen molar-refractivity contribution in [2.75, 3.05) is 6.61 Å². The molecule has 0 radical (unpaired) electrons. The molecule has 56 valence electrons. The van der Waals surface area contributed by atoms with E-state index in [2.05, 4.69) is 4.74 Å². The Hall–Kier alpha value is -0.430. The van der Waals surface area contributed by atoms with Gasteiger partial charge >= 0.3 is 5.97 Å². The quantitative estimate of drug-likeness (QED) is 0.462. The van der Waals surface area contributed by atoms with Crippen LogP contribution < -0.4 is 0 Å². The third kappa shape index (κ3) is 1.19. The molecule has 1 aliphatic rings. The molecule has 0 unspecified atom stereocenters. The Labute approximate surface area is 63.3 Å². The lowest BCUT2D eigenvalue weighted by Crippen LogP contribution is -2.21. The van der Waals surface area contributed by atoms with Crippen LogP contribution in [0.25, 0.3) is 0 Å². The van der Waals surface area contributed by atoms with Crippen molar-refractivity contribution in [2.45, 2.75) is 25.3 Å². The zero-order valence-electron chi connectivity index (χ0n) is 6.83. The van der Waals surface area contributed by atoms with E-state index in [-0.39, 0.29) is 14.9 Å². The number of carbonyl (C=O) groups excluding carboxylic acids is 1. The van der Waals surface area contributed by atoms with Gasteiger partial charge in [-0.25, -0.2) is 4.79 Å². The normalized spacial score (nSPS) is 22.3. The van der Waals surface area contributed by atoms with Crippen molar-refractivity contribution < 1.29 is 9.53 Å². The summed E-state index contributed by atoms with van der Waals surface area (Å²) in [6, 6.07) is 0. The molecule has 0 N–H and O–H groups in total. The van der Waals surface area contributed by atoms with E-state index in [1.54, 1.807) is 6.92 Å². The summed E-state index contributed by atoms with van der Waals surface area (Å²) in [5, 5.41) is 0. The average molecular weight is 160 g/mol. The van der Waals surface area contributed by atoms with Crippen molar-refractivity contribution in [1.29, 1.82) is 1.28 Å². The van der Waals surface area contributed by atoms with Crippen molar-refractivity contribution in [2.24, 2.45) is 4.74 Å². The van der Waals surface area contributed by atoms with Crippen LogP contribution in [-0.4, -0.2) is 19.4 Å². The highest BCUT2D eigenvalue weighted by Crippen LogP contribution is 2.41. The van der Waals surface area contributed by atoms with Crippen LogP contribution in [0, 0.1) is 0 Å². The minimum absolute atomic E-state index is 0.171. The summed E-state index contributed by atoms with van der Waals surface area (Å²) in [5.74, 6) is -0.264. The molecule has 0 atom stereocenters. The Morgan fingerprint density at radius 3 is 3.10 bits per heavy atom. The lowest BCUT2D eigenvalue weighted by atomic mass is 10.3. The number of esters is 1. The zero-order chi connectivity index (χ0) is 8.32. The maximum absolute atomic E-state index is 11.1. The maximum Gasteiger partial charge on any atom is 0.334 e. The first-order valence-electron chi connectivity index (χ1n) is 3.73. The van der Waals surface area contributed by atoms with E-state index in [1.807, 2.05) is 0 Å². The van der Waals surface area contributed by atoms with Crippen LogP contribution in [0.4, 0.5) is 0 Å². The van der Waals surface area contributed by atoms with Crippen molar-refractivity contribution in [1.82, 2.24) is 0 Å². The highest BCUT2D eigenvalue weighted by Gasteiger charge is 2.51. The zero-order valence-corrected chi connectivity index (χ0v) is 6.73. The van der Waals surface area contributed by atoms with Gasteiger partial charge < -0.3 is 4.74 Å². The highest BCUT2D eigenvalue weighted by atomic mass is 31.0. The first-order chi connectivity index (χ1) is 5.25. The molecule has 1 aliphatic carbocycles. The van der Waals surface area contributed by atoms with Gasteiger partial charge in [-0.15, -0.1) is 0 Å². The standard InChI is InChI=1S/C6H10NO2P/c1-2-9-5(8)6(7-10)3-4-6/h10H,2-4H2,1H3/i10D. The third-order valence-electron chi connectivity index (χ3n) is 1.57. The minimum atomic E-state index is -0.626. The van der Waals surface area contributed by atoms with Gasteiger partial charge in [0.15, 0.2) is 5.54 Å². The molecule has 1 rings (SSSR count). The summed E-state index contributed by atoms with van der Waals surface area (Å²) < 4.78 is 15.5. The van der Waals surface area contributed by atoms with Crippen LogP contribution in [0.1, 0.15) is 19.8 Å². The lowest BCUT2D eigenvalue weighted by molar-refractivity contribution is -0.145. The monoisotopic (exact) mass is 160 g/mol. The molecule has 0 saturated heterocycles. The van der Waals surface area contributed by atoms with E-state index in [1.165, 1.54) is 0 Å². The molecular weight excluding hydrogens is 149 g/mol. The summed E-state index contributed by atoms with van der Waals surface area (Å²) in [4.78, 5) is 11.1. The number of rotatable bonds is 3. The topological polar surface area (TPSA) is 38.7 Å². The van der Waals surface area contributed by atoms with Crippen molar-refractivity contribution in [3.8, 4) is 0 Å². The van der Waals surface area contributed by atoms with Gasteiger partial charge in [0.05, 0.1) is 6.61 Å². The Balaban J connectivity index is 2.51. The van der Waals surface area contributed by atoms with Gasteiger partial charge in [0, 0.05) is 0 Å². The fourth-order valence-corrected chi connectivity index (χ4v) is 1.01. The summed E-state index contributed by atoms with van der Waals surface area (Å²) in [6.07, 6.45) is 1.50. The number of hydrogen-bond acceptors (Lipinski definition) is 3. The molecule has 1 saturated carbocycles. The number of carbonyl (C=O) groups is 1. The summed E-state index contributed by atoms with van der Waals surface area (Å²) in [7, 11) is 0.171. The smallest absolute Gasteiger partial charge is 0.334 e. The van der Waals surface area contributed by atoms with Crippen LogP contribution in [0.3, 0.4) is 0 Å². The predicted molar refractivity (Wildman–Crippen MR) is 39.3 cm³/mol. The van der Waals surface area contributed by atoms with Crippen LogP contribution in [0.2, 0.25) is 0 Å². The van der Waals surface area contributed by atoms with E-state index in [9.17, 15) is 4.79 Å². The van der Waals surface area contributed by atoms with Gasteiger partial charge in [-0.05, 0) is 28.7 Å². The second-order valence-electron chi connectivity index (χ2n) is 2.35. The highest BCUT2D eigenvalue weighted by molar-refractivity contribution is 7.04. The fourth-order valence-electron chi connectivity index (χ4n) is 0.729. The van der Waals surface area contributed by atoms with Crippen LogP contribution in [0.15, 0.2) is 4.74 Å². The first-order valence-corrected chi connectivity index (χ1v) is 3.68. The fraction of sp³-hybridized carbons (Fsp3) is 0.833. The molecule has 0 heterocycles. The summed E-state index contributed by atoms with van der Waals surface area (Å²) in [5.41, 5.74) is -0.626. The Bertz CT molecular complexity index is 191. The maximum atomic E-state index is 11.1. The van der Waals surface area contributed by atoms with E-state index in [0.29, 0.717) is 6.61 Å². The van der Waals surface area contributed by atoms with Gasteiger partial charge in [0.25, 0.3) is 0 Å². The molecule has 1 fully saturated rings. The molecular formula is C6H10NO2P. The van der Waals surface area contributed by atoms with E-state index in [0.717, 1.165) is 12.8 Å². The summed E-state index contributed by atoms with van der Waals surface area (Å²) >= 11 is 0. The molecule has 0 aromatic heterocycles. The van der Waals surface area contributed by atoms with Gasteiger partial charge in [0.1, 0.15) is 1.28 Å². The van der Waals surface area contributed by atoms with Gasteiger partial charge in [-0.2, -0.15) is 0 Å². The number of hydrogen-bond donors (Lipinski definition) is 0. The predicted octanol–water partition coefficient (Wildman–Crippen LogP) is 1.41. The second kappa shape index (κ2) is 2.67. The minimum Gasteiger partial charge on any atom is -0.464 e. The Kier molecular flexibility index (Phi) is 1.68. The molecule has 0 aliphatic heterocycles. The van der Waals surface area contributed by atoms with E-state index >= 15 is 0 Å². The molecule has 4 heteroatoms. The molecule has 3 nitrogen and oxygen atoms in total. The van der Waals surface area contributed by atoms with Crippen molar-refractivity contribution in [3.63, 3.8) is 0 Å².